The van der Waals surface area contributed by atoms with E-state index < -0.39 is 0 Å². The van der Waals surface area contributed by atoms with Crippen molar-refractivity contribution in [1.29, 1.82) is 0 Å². The van der Waals surface area contributed by atoms with Gasteiger partial charge in [0.1, 0.15) is 28.9 Å². The van der Waals surface area contributed by atoms with Crippen LogP contribution < -0.4 is 15.6 Å². The summed E-state index contributed by atoms with van der Waals surface area (Å²) < 4.78 is 5.92. The lowest BCUT2D eigenvalue weighted by atomic mass is 10.0. The highest BCUT2D eigenvalue weighted by molar-refractivity contribution is 5.99. The summed E-state index contributed by atoms with van der Waals surface area (Å²) in [4.78, 5) is 21.9. The monoisotopic (exact) mass is 577 g/mol. The summed E-state index contributed by atoms with van der Waals surface area (Å²) in [6.45, 7) is 0. The number of anilines is 2. The van der Waals surface area contributed by atoms with E-state index in [1.165, 1.54) is 0 Å². The van der Waals surface area contributed by atoms with Gasteiger partial charge in [-0.25, -0.2) is 9.97 Å². The van der Waals surface area contributed by atoms with E-state index in [-0.39, 0.29) is 11.3 Å². The molecule has 0 radical (unpaired) electrons. The van der Waals surface area contributed by atoms with Gasteiger partial charge in [-0.3, -0.25) is 20.1 Å². The molecule has 5 aromatic carbocycles. The van der Waals surface area contributed by atoms with Crippen LogP contribution in [-0.2, 0) is 0 Å². The van der Waals surface area contributed by atoms with Crippen LogP contribution in [0.15, 0.2) is 114 Å². The molecule has 5 N–H and O–H groups in total. The zero-order valence-corrected chi connectivity index (χ0v) is 23.0. The second kappa shape index (κ2) is 10.1. The van der Waals surface area contributed by atoms with E-state index in [4.69, 9.17) is 14.7 Å². The molecule has 8 rings (SSSR count). The number of H-pyrrole nitrogens is 3. The molecule has 0 aliphatic rings. The minimum Gasteiger partial charge on any atom is -0.507 e. The molecular formula is C34H23N7O3. The van der Waals surface area contributed by atoms with Gasteiger partial charge in [0.25, 0.3) is 5.56 Å². The van der Waals surface area contributed by atoms with Crippen molar-refractivity contribution in [3.63, 3.8) is 0 Å². The minimum absolute atomic E-state index is 0.109. The highest BCUT2D eigenvalue weighted by Gasteiger charge is 2.16. The lowest BCUT2D eigenvalue weighted by molar-refractivity contribution is 0.477. The van der Waals surface area contributed by atoms with Crippen molar-refractivity contribution in [2.75, 3.05) is 5.32 Å². The van der Waals surface area contributed by atoms with Crippen LogP contribution in [0.1, 0.15) is 0 Å². The number of ether oxygens (including phenoxy) is 1. The second-order valence-electron chi connectivity index (χ2n) is 10.3. The first-order chi connectivity index (χ1) is 21.6. The van der Waals surface area contributed by atoms with E-state index in [9.17, 15) is 9.90 Å². The maximum absolute atomic E-state index is 12.2. The van der Waals surface area contributed by atoms with Gasteiger partial charge >= 0.3 is 0 Å². The molecule has 0 spiro atoms. The molecule has 44 heavy (non-hydrogen) atoms. The molecule has 0 fully saturated rings. The quantitative estimate of drug-likeness (QED) is 0.140. The van der Waals surface area contributed by atoms with Crippen LogP contribution >= 0.6 is 0 Å². The molecule has 0 saturated carbocycles. The van der Waals surface area contributed by atoms with E-state index in [1.807, 2.05) is 97.1 Å². The Morgan fingerprint density at radius 3 is 2.32 bits per heavy atom. The maximum atomic E-state index is 12.2. The molecule has 3 aromatic heterocycles. The van der Waals surface area contributed by atoms with Crippen molar-refractivity contribution >= 4 is 44.3 Å². The number of para-hydroxylation sites is 2. The molecule has 0 amide bonds. The second-order valence-corrected chi connectivity index (χ2v) is 10.3. The molecule has 0 bridgehead atoms. The molecule has 0 atom stereocenters. The molecule has 0 aliphatic heterocycles. The van der Waals surface area contributed by atoms with Crippen molar-refractivity contribution in [3.8, 4) is 39.8 Å². The summed E-state index contributed by atoms with van der Waals surface area (Å²) in [5, 5.41) is 29.4. The third kappa shape index (κ3) is 4.47. The van der Waals surface area contributed by atoms with Crippen LogP contribution in [0.2, 0.25) is 0 Å². The van der Waals surface area contributed by atoms with Crippen LogP contribution in [-0.4, -0.2) is 35.5 Å². The lowest BCUT2D eigenvalue weighted by Crippen LogP contribution is -2.01. The van der Waals surface area contributed by atoms with Gasteiger partial charge in [0, 0.05) is 28.0 Å². The Bertz CT molecular complexity index is 2380. The third-order valence-corrected chi connectivity index (χ3v) is 7.50. The molecule has 0 unspecified atom stereocenters. The zero-order valence-electron chi connectivity index (χ0n) is 23.0. The van der Waals surface area contributed by atoms with Gasteiger partial charge in [-0.1, -0.05) is 42.5 Å². The fourth-order valence-corrected chi connectivity index (χ4v) is 5.29. The highest BCUT2D eigenvalue weighted by atomic mass is 16.5. The number of nitrogens with zero attached hydrogens (tertiary/aromatic N) is 3. The van der Waals surface area contributed by atoms with Crippen LogP contribution in [0.25, 0.3) is 55.2 Å². The highest BCUT2D eigenvalue weighted by Crippen LogP contribution is 2.37. The van der Waals surface area contributed by atoms with E-state index >= 15 is 0 Å². The summed E-state index contributed by atoms with van der Waals surface area (Å²) in [5.74, 6) is 3.19. The first-order valence-corrected chi connectivity index (χ1v) is 13.9. The Morgan fingerprint density at radius 1 is 0.682 bits per heavy atom. The number of aromatic hydroxyl groups is 1. The van der Waals surface area contributed by atoms with E-state index in [0.717, 1.165) is 27.6 Å². The number of hydrogen-bond donors (Lipinski definition) is 5. The number of nitrogens with one attached hydrogen (secondary N) is 4. The number of hydrogen-bond acceptors (Lipinski definition) is 7. The Hall–Kier alpha value is -6.42. The fraction of sp³-hybridized carbons (Fsp3) is 0. The summed E-state index contributed by atoms with van der Waals surface area (Å²) in [5.41, 5.74) is 4.00. The van der Waals surface area contributed by atoms with Crippen molar-refractivity contribution in [2.24, 2.45) is 0 Å². The molecule has 3 heterocycles. The van der Waals surface area contributed by atoms with Crippen molar-refractivity contribution < 1.29 is 9.84 Å². The van der Waals surface area contributed by atoms with E-state index in [2.05, 4.69) is 25.7 Å². The molecule has 212 valence electrons. The van der Waals surface area contributed by atoms with Crippen molar-refractivity contribution in [3.05, 3.63) is 120 Å². The first kappa shape index (κ1) is 25.3. The van der Waals surface area contributed by atoms with E-state index in [0.29, 0.717) is 50.8 Å². The number of phenols is 1. The van der Waals surface area contributed by atoms with E-state index in [1.54, 1.807) is 12.1 Å². The summed E-state index contributed by atoms with van der Waals surface area (Å²) in [6, 6.07) is 33.8. The smallest absolute Gasteiger partial charge is 0.271 e. The predicted octanol–water partition coefficient (Wildman–Crippen LogP) is 7.25. The first-order valence-electron chi connectivity index (χ1n) is 13.9. The molecular weight excluding hydrogens is 554 g/mol. The lowest BCUT2D eigenvalue weighted by Gasteiger charge is -2.11. The standard InChI is InChI=1S/C34H23N7O3/c42-30-18-29-25(17-24(30)19-10-13-22(14-11-19)44-21-6-2-1-3-7-21)33(40-39-29)37-32-23-8-4-5-9-27(23)35-31(36-32)20-12-15-28-26(16-20)34(43)41-38-28/h1-18,42H,(H2,38,41,43)(H2,35,36,37,39,40). The maximum Gasteiger partial charge on any atom is 0.271 e. The van der Waals surface area contributed by atoms with Gasteiger partial charge in [0.05, 0.1) is 21.9 Å². The predicted molar refractivity (Wildman–Crippen MR) is 170 cm³/mol. The zero-order chi connectivity index (χ0) is 29.6. The molecule has 10 heteroatoms. The largest absolute Gasteiger partial charge is 0.507 e. The van der Waals surface area contributed by atoms with Crippen molar-refractivity contribution in [1.82, 2.24) is 30.4 Å². The van der Waals surface area contributed by atoms with Gasteiger partial charge in [0.2, 0.25) is 0 Å². The van der Waals surface area contributed by atoms with Crippen LogP contribution in [0.5, 0.6) is 17.2 Å². The molecule has 10 nitrogen and oxygen atoms in total. The Labute approximate surface area is 249 Å². The number of aromatic amines is 3. The number of aromatic nitrogens is 6. The van der Waals surface area contributed by atoms with Gasteiger partial charge in [-0.2, -0.15) is 5.10 Å². The SMILES string of the molecule is O=c1[nH][nH]c2ccc(-c3nc(Nc4[nH]nc5cc(O)c(-c6ccc(Oc7ccccc7)cc6)cc45)c4ccccc4n3)cc12. The van der Waals surface area contributed by atoms with Gasteiger partial charge < -0.3 is 15.2 Å². The van der Waals surface area contributed by atoms with Gasteiger partial charge in [0.15, 0.2) is 5.82 Å². The number of rotatable bonds is 6. The Balaban J connectivity index is 1.17. The average Bonchev–Trinajstić information content (AvgIpc) is 3.63. The number of benzene rings is 5. The topological polar surface area (TPSA) is 145 Å². The summed E-state index contributed by atoms with van der Waals surface area (Å²) >= 11 is 0. The minimum atomic E-state index is -0.206. The fourth-order valence-electron chi connectivity index (χ4n) is 5.29. The molecule has 8 aromatic rings. The number of fused-ring (bicyclic) bond motifs is 3. The van der Waals surface area contributed by atoms with Crippen LogP contribution in [0.3, 0.4) is 0 Å². The number of phenolic OH excluding ortho intramolecular Hbond substituents is 1. The molecule has 0 aliphatic carbocycles. The third-order valence-electron chi connectivity index (χ3n) is 7.50. The van der Waals surface area contributed by atoms with Gasteiger partial charge in [-0.15, -0.1) is 0 Å². The van der Waals surface area contributed by atoms with Crippen molar-refractivity contribution in [2.45, 2.75) is 0 Å². The summed E-state index contributed by atoms with van der Waals surface area (Å²) in [7, 11) is 0. The Kier molecular flexibility index (Phi) is 5.83. The summed E-state index contributed by atoms with van der Waals surface area (Å²) in [6.07, 6.45) is 0. The molecule has 0 saturated heterocycles. The van der Waals surface area contributed by atoms with Gasteiger partial charge in [-0.05, 0) is 66.2 Å². The van der Waals surface area contributed by atoms with Crippen LogP contribution in [0.4, 0.5) is 11.6 Å². The van der Waals surface area contributed by atoms with Crippen LogP contribution in [0, 0.1) is 0 Å². The Morgan fingerprint density at radius 2 is 1.45 bits per heavy atom. The average molecular weight is 578 g/mol. The normalized spacial score (nSPS) is 11.4.